The SMILES string of the molecule is CCCC(=O)Nc1ccccc1NC(=O)[C@@H](C)Oc1ccccc1. The van der Waals surface area contributed by atoms with Gasteiger partial charge in [-0.05, 0) is 37.6 Å². The molecule has 2 aromatic rings. The normalized spacial score (nSPS) is 11.4. The summed E-state index contributed by atoms with van der Waals surface area (Å²) in [5.41, 5.74) is 1.13. The minimum Gasteiger partial charge on any atom is -0.481 e. The Morgan fingerprint density at radius 2 is 1.54 bits per heavy atom. The Bertz CT molecular complexity index is 686. The van der Waals surface area contributed by atoms with E-state index < -0.39 is 6.10 Å². The topological polar surface area (TPSA) is 67.4 Å². The van der Waals surface area contributed by atoms with E-state index in [9.17, 15) is 9.59 Å². The number of hydrogen-bond acceptors (Lipinski definition) is 3. The van der Waals surface area contributed by atoms with Crippen LogP contribution >= 0.6 is 0 Å². The van der Waals surface area contributed by atoms with Crippen molar-refractivity contribution in [2.75, 3.05) is 10.6 Å². The van der Waals surface area contributed by atoms with Gasteiger partial charge in [-0.1, -0.05) is 37.3 Å². The van der Waals surface area contributed by atoms with E-state index in [-0.39, 0.29) is 11.8 Å². The molecule has 2 rings (SSSR count). The predicted molar refractivity (Wildman–Crippen MR) is 95.1 cm³/mol. The van der Waals surface area contributed by atoms with Crippen molar-refractivity contribution in [3.63, 3.8) is 0 Å². The van der Waals surface area contributed by atoms with Crippen molar-refractivity contribution < 1.29 is 14.3 Å². The first-order valence-corrected chi connectivity index (χ1v) is 8.01. The number of anilines is 2. The van der Waals surface area contributed by atoms with Gasteiger partial charge in [0, 0.05) is 6.42 Å². The summed E-state index contributed by atoms with van der Waals surface area (Å²) in [6, 6.07) is 16.3. The van der Waals surface area contributed by atoms with Gasteiger partial charge in [-0.2, -0.15) is 0 Å². The third-order valence-electron chi connectivity index (χ3n) is 3.36. The van der Waals surface area contributed by atoms with Crippen molar-refractivity contribution in [1.29, 1.82) is 0 Å². The first kappa shape index (κ1) is 17.5. The lowest BCUT2D eigenvalue weighted by Gasteiger charge is -2.16. The van der Waals surface area contributed by atoms with E-state index >= 15 is 0 Å². The highest BCUT2D eigenvalue weighted by Crippen LogP contribution is 2.22. The summed E-state index contributed by atoms with van der Waals surface area (Å²) in [5.74, 6) is 0.272. The van der Waals surface area contributed by atoms with Gasteiger partial charge in [0.05, 0.1) is 11.4 Å². The van der Waals surface area contributed by atoms with Crippen LogP contribution < -0.4 is 15.4 Å². The summed E-state index contributed by atoms with van der Waals surface area (Å²) in [7, 11) is 0. The van der Waals surface area contributed by atoms with Gasteiger partial charge >= 0.3 is 0 Å². The Labute approximate surface area is 142 Å². The molecule has 0 aliphatic heterocycles. The molecule has 0 unspecified atom stereocenters. The largest absolute Gasteiger partial charge is 0.481 e. The van der Waals surface area contributed by atoms with Crippen molar-refractivity contribution in [3.05, 3.63) is 54.6 Å². The molecule has 0 saturated carbocycles. The van der Waals surface area contributed by atoms with Crippen molar-refractivity contribution >= 4 is 23.2 Å². The van der Waals surface area contributed by atoms with E-state index in [4.69, 9.17) is 4.74 Å². The van der Waals surface area contributed by atoms with E-state index in [0.717, 1.165) is 6.42 Å². The van der Waals surface area contributed by atoms with Crippen LogP contribution in [0, 0.1) is 0 Å². The molecule has 126 valence electrons. The lowest BCUT2D eigenvalue weighted by atomic mass is 10.2. The fourth-order valence-electron chi connectivity index (χ4n) is 2.13. The molecule has 24 heavy (non-hydrogen) atoms. The Balaban J connectivity index is 2.02. The summed E-state index contributed by atoms with van der Waals surface area (Å²) in [6.07, 6.45) is 0.546. The number of benzene rings is 2. The molecule has 5 heteroatoms. The zero-order chi connectivity index (χ0) is 17.4. The molecule has 2 N–H and O–H groups in total. The number of rotatable bonds is 7. The van der Waals surface area contributed by atoms with Crippen molar-refractivity contribution in [3.8, 4) is 5.75 Å². The molecule has 0 aliphatic rings. The van der Waals surface area contributed by atoms with Gasteiger partial charge in [-0.25, -0.2) is 0 Å². The van der Waals surface area contributed by atoms with Gasteiger partial charge in [-0.3, -0.25) is 9.59 Å². The predicted octanol–water partition coefficient (Wildman–Crippen LogP) is 3.83. The number of ether oxygens (including phenoxy) is 1. The maximum Gasteiger partial charge on any atom is 0.265 e. The lowest BCUT2D eigenvalue weighted by molar-refractivity contribution is -0.122. The molecule has 0 spiro atoms. The molecule has 5 nitrogen and oxygen atoms in total. The van der Waals surface area contributed by atoms with Crippen LogP contribution in [0.4, 0.5) is 11.4 Å². The molecule has 0 radical (unpaired) electrons. The molecule has 1 atom stereocenters. The number of hydrogen-bond donors (Lipinski definition) is 2. The van der Waals surface area contributed by atoms with Crippen LogP contribution in [0.5, 0.6) is 5.75 Å². The van der Waals surface area contributed by atoms with Crippen LogP contribution in [0.3, 0.4) is 0 Å². The maximum absolute atomic E-state index is 12.3. The Morgan fingerprint density at radius 3 is 2.17 bits per heavy atom. The standard InChI is InChI=1S/C19H22N2O3/c1-3-9-18(22)20-16-12-7-8-13-17(16)21-19(23)14(2)24-15-10-5-4-6-11-15/h4-8,10-14H,3,9H2,1-2H3,(H,20,22)(H,21,23)/t14-/m1/s1. The van der Waals surface area contributed by atoms with Crippen molar-refractivity contribution in [2.45, 2.75) is 32.8 Å². The molecular weight excluding hydrogens is 304 g/mol. The monoisotopic (exact) mass is 326 g/mol. The van der Waals surface area contributed by atoms with Crippen LogP contribution in [0.15, 0.2) is 54.6 Å². The van der Waals surface area contributed by atoms with E-state index in [1.54, 1.807) is 43.3 Å². The number of para-hydroxylation sites is 3. The molecule has 0 aromatic heterocycles. The van der Waals surface area contributed by atoms with Gasteiger partial charge in [0.25, 0.3) is 5.91 Å². The number of amides is 2. The van der Waals surface area contributed by atoms with E-state index in [0.29, 0.717) is 23.5 Å². The average Bonchev–Trinajstić information content (AvgIpc) is 2.57. The van der Waals surface area contributed by atoms with Gasteiger partial charge in [0.15, 0.2) is 6.10 Å². The van der Waals surface area contributed by atoms with Crippen LogP contribution in [0.1, 0.15) is 26.7 Å². The quantitative estimate of drug-likeness (QED) is 0.812. The van der Waals surface area contributed by atoms with E-state index in [2.05, 4.69) is 10.6 Å². The second kappa shape index (κ2) is 8.72. The Kier molecular flexibility index (Phi) is 6.37. The van der Waals surface area contributed by atoms with E-state index in [1.165, 1.54) is 0 Å². The molecule has 0 bridgehead atoms. The fraction of sp³-hybridized carbons (Fsp3) is 0.263. The third kappa shape index (κ3) is 5.12. The summed E-state index contributed by atoms with van der Waals surface area (Å²) in [4.78, 5) is 24.1. The maximum atomic E-state index is 12.3. The zero-order valence-electron chi connectivity index (χ0n) is 13.9. The van der Waals surface area contributed by atoms with Crippen LogP contribution in [-0.2, 0) is 9.59 Å². The van der Waals surface area contributed by atoms with Gasteiger partial charge in [0.2, 0.25) is 5.91 Å². The highest BCUT2D eigenvalue weighted by molar-refractivity contribution is 6.00. The smallest absolute Gasteiger partial charge is 0.265 e. The van der Waals surface area contributed by atoms with Crippen LogP contribution in [0.2, 0.25) is 0 Å². The van der Waals surface area contributed by atoms with Crippen LogP contribution in [0.25, 0.3) is 0 Å². The number of carbonyl (C=O) groups excluding carboxylic acids is 2. The summed E-state index contributed by atoms with van der Waals surface area (Å²) in [6.45, 7) is 3.62. The molecule has 0 saturated heterocycles. The highest BCUT2D eigenvalue weighted by atomic mass is 16.5. The second-order valence-corrected chi connectivity index (χ2v) is 5.41. The minimum atomic E-state index is -0.660. The molecule has 0 heterocycles. The molecule has 2 amide bonds. The van der Waals surface area contributed by atoms with Gasteiger partial charge < -0.3 is 15.4 Å². The van der Waals surface area contributed by atoms with Crippen LogP contribution in [-0.4, -0.2) is 17.9 Å². The average molecular weight is 326 g/mol. The molecule has 0 fully saturated rings. The van der Waals surface area contributed by atoms with Crippen molar-refractivity contribution in [1.82, 2.24) is 0 Å². The summed E-state index contributed by atoms with van der Waals surface area (Å²) >= 11 is 0. The lowest BCUT2D eigenvalue weighted by Crippen LogP contribution is -2.30. The number of carbonyl (C=O) groups is 2. The first-order chi connectivity index (χ1) is 11.6. The van der Waals surface area contributed by atoms with E-state index in [1.807, 2.05) is 25.1 Å². The minimum absolute atomic E-state index is 0.0761. The third-order valence-corrected chi connectivity index (χ3v) is 3.36. The zero-order valence-corrected chi connectivity index (χ0v) is 13.9. The second-order valence-electron chi connectivity index (χ2n) is 5.41. The Hall–Kier alpha value is -2.82. The summed E-state index contributed by atoms with van der Waals surface area (Å²) < 4.78 is 5.61. The van der Waals surface area contributed by atoms with Crippen molar-refractivity contribution in [2.24, 2.45) is 0 Å². The molecule has 2 aromatic carbocycles. The van der Waals surface area contributed by atoms with Gasteiger partial charge in [-0.15, -0.1) is 0 Å². The molecular formula is C19H22N2O3. The fourth-order valence-corrected chi connectivity index (χ4v) is 2.13. The highest BCUT2D eigenvalue weighted by Gasteiger charge is 2.16. The summed E-state index contributed by atoms with van der Waals surface area (Å²) in [5, 5.41) is 5.61. The first-order valence-electron chi connectivity index (χ1n) is 8.01. The Morgan fingerprint density at radius 1 is 0.958 bits per heavy atom. The number of nitrogens with one attached hydrogen (secondary N) is 2. The molecule has 0 aliphatic carbocycles. The van der Waals surface area contributed by atoms with Gasteiger partial charge in [0.1, 0.15) is 5.75 Å².